The molecule has 0 bridgehead atoms. The summed E-state index contributed by atoms with van der Waals surface area (Å²) in [6.07, 6.45) is 0.815. The lowest BCUT2D eigenvalue weighted by atomic mass is 10.3. The van der Waals surface area contributed by atoms with Crippen molar-refractivity contribution in [2.45, 2.75) is 13.3 Å². The van der Waals surface area contributed by atoms with Crippen molar-refractivity contribution in [3.63, 3.8) is 0 Å². The summed E-state index contributed by atoms with van der Waals surface area (Å²) >= 11 is 3.28. The zero-order valence-corrected chi connectivity index (χ0v) is 14.4. The van der Waals surface area contributed by atoms with Gasteiger partial charge < -0.3 is 20.1 Å². The lowest BCUT2D eigenvalue weighted by molar-refractivity contribution is -0.150. The van der Waals surface area contributed by atoms with Crippen LogP contribution in [0.15, 0.2) is 28.7 Å². The molecule has 1 aromatic carbocycles. The average Bonchev–Trinajstić information content (AvgIpc) is 2.55. The van der Waals surface area contributed by atoms with Gasteiger partial charge in [-0.05, 0) is 30.7 Å². The topological polar surface area (TPSA) is 93.7 Å². The number of nitrogens with one attached hydrogen (secondary N) is 2. The van der Waals surface area contributed by atoms with Gasteiger partial charge in [0.1, 0.15) is 5.75 Å². The number of benzene rings is 1. The molecule has 126 valence electrons. The molecule has 0 spiro atoms. The number of amides is 2. The van der Waals surface area contributed by atoms with Crippen LogP contribution < -0.4 is 15.4 Å². The molecule has 1 aromatic rings. The summed E-state index contributed by atoms with van der Waals surface area (Å²) in [7, 11) is 0. The molecular weight excluding hydrogens is 368 g/mol. The van der Waals surface area contributed by atoms with Crippen molar-refractivity contribution in [3.8, 4) is 5.75 Å². The number of carbonyl (C=O) groups excluding carboxylic acids is 3. The molecule has 0 fully saturated rings. The van der Waals surface area contributed by atoms with E-state index < -0.39 is 18.5 Å². The molecule has 2 N–H and O–H groups in total. The number of carbonyl (C=O) groups is 3. The molecule has 0 aliphatic heterocycles. The van der Waals surface area contributed by atoms with Crippen LogP contribution in [0.3, 0.4) is 0 Å². The van der Waals surface area contributed by atoms with Crippen LogP contribution in [0.1, 0.15) is 13.3 Å². The highest BCUT2D eigenvalue weighted by atomic mass is 79.9. The first-order valence-corrected chi connectivity index (χ1v) is 7.88. The summed E-state index contributed by atoms with van der Waals surface area (Å²) in [6, 6.07) is 6.94. The van der Waals surface area contributed by atoms with Gasteiger partial charge in [0, 0.05) is 11.0 Å². The van der Waals surface area contributed by atoms with Crippen LogP contribution in [0.4, 0.5) is 0 Å². The summed E-state index contributed by atoms with van der Waals surface area (Å²) in [4.78, 5) is 34.1. The Morgan fingerprint density at radius 3 is 2.39 bits per heavy atom. The van der Waals surface area contributed by atoms with Gasteiger partial charge in [0.2, 0.25) is 5.91 Å². The van der Waals surface area contributed by atoms with Crippen molar-refractivity contribution >= 4 is 33.7 Å². The van der Waals surface area contributed by atoms with Gasteiger partial charge in [0.25, 0.3) is 5.91 Å². The normalized spacial score (nSPS) is 9.83. The minimum Gasteiger partial charge on any atom is -0.482 e. The van der Waals surface area contributed by atoms with Crippen molar-refractivity contribution < 1.29 is 23.9 Å². The first-order valence-electron chi connectivity index (χ1n) is 7.08. The molecule has 0 atom stereocenters. The molecular formula is C15H19BrN2O5. The third-order valence-electron chi connectivity index (χ3n) is 2.55. The number of ether oxygens (including phenoxy) is 2. The molecule has 1 rings (SSSR count). The summed E-state index contributed by atoms with van der Waals surface area (Å²) in [5, 5.41) is 4.96. The van der Waals surface area contributed by atoms with Crippen LogP contribution >= 0.6 is 15.9 Å². The van der Waals surface area contributed by atoms with Crippen LogP contribution in [0.2, 0.25) is 0 Å². The van der Waals surface area contributed by atoms with Crippen molar-refractivity contribution in [1.82, 2.24) is 10.6 Å². The Hall–Kier alpha value is -2.09. The summed E-state index contributed by atoms with van der Waals surface area (Å²) in [5.41, 5.74) is 0. The SMILES string of the molecule is CCCNC(=O)CNC(=O)COC(=O)COc1ccc(Br)cc1. The fourth-order valence-electron chi connectivity index (χ4n) is 1.42. The largest absolute Gasteiger partial charge is 0.482 e. The Morgan fingerprint density at radius 1 is 1.04 bits per heavy atom. The molecule has 0 aliphatic rings. The number of halogens is 1. The molecule has 0 aromatic heterocycles. The minimum atomic E-state index is -0.668. The van der Waals surface area contributed by atoms with E-state index in [0.717, 1.165) is 10.9 Å². The molecule has 2 amide bonds. The Kier molecular flexibility index (Phi) is 8.74. The van der Waals surface area contributed by atoms with Gasteiger partial charge in [-0.25, -0.2) is 4.79 Å². The van der Waals surface area contributed by atoms with E-state index in [1.807, 2.05) is 6.92 Å². The highest BCUT2D eigenvalue weighted by molar-refractivity contribution is 9.10. The van der Waals surface area contributed by atoms with E-state index in [0.29, 0.717) is 12.3 Å². The van der Waals surface area contributed by atoms with Crippen molar-refractivity contribution in [2.75, 3.05) is 26.3 Å². The Labute approximate surface area is 142 Å². The standard InChI is InChI=1S/C15H19BrN2O5/c1-2-7-17-13(19)8-18-14(20)9-23-15(21)10-22-12-5-3-11(16)4-6-12/h3-6H,2,7-10H2,1H3,(H,17,19)(H,18,20). The number of hydrogen-bond donors (Lipinski definition) is 2. The van der Waals surface area contributed by atoms with Crippen LogP contribution in [-0.2, 0) is 19.1 Å². The third-order valence-corrected chi connectivity index (χ3v) is 3.08. The summed E-state index contributed by atoms with van der Waals surface area (Å²) in [6.45, 7) is 1.58. The smallest absolute Gasteiger partial charge is 0.344 e. The van der Waals surface area contributed by atoms with E-state index >= 15 is 0 Å². The van der Waals surface area contributed by atoms with E-state index in [9.17, 15) is 14.4 Å². The van der Waals surface area contributed by atoms with Gasteiger partial charge in [-0.1, -0.05) is 22.9 Å². The van der Waals surface area contributed by atoms with E-state index in [4.69, 9.17) is 9.47 Å². The van der Waals surface area contributed by atoms with Crippen molar-refractivity contribution in [1.29, 1.82) is 0 Å². The zero-order valence-electron chi connectivity index (χ0n) is 12.8. The maximum absolute atomic E-state index is 11.5. The Bertz CT molecular complexity index is 533. The molecule has 8 heteroatoms. The predicted octanol–water partition coefficient (Wildman–Crippen LogP) is 1.01. The first kappa shape index (κ1) is 19.0. The minimum absolute atomic E-state index is 0.147. The monoisotopic (exact) mass is 386 g/mol. The van der Waals surface area contributed by atoms with E-state index in [-0.39, 0.29) is 19.1 Å². The lowest BCUT2D eigenvalue weighted by Crippen LogP contribution is -2.39. The predicted molar refractivity (Wildman–Crippen MR) is 86.9 cm³/mol. The summed E-state index contributed by atoms with van der Waals surface area (Å²) in [5.74, 6) is -0.987. The Balaban J connectivity index is 2.16. The van der Waals surface area contributed by atoms with E-state index in [2.05, 4.69) is 26.6 Å². The molecule has 0 heterocycles. The van der Waals surface area contributed by atoms with Crippen molar-refractivity contribution in [2.24, 2.45) is 0 Å². The van der Waals surface area contributed by atoms with Crippen LogP contribution in [0.5, 0.6) is 5.75 Å². The second kappa shape index (κ2) is 10.6. The quantitative estimate of drug-likeness (QED) is 0.617. The van der Waals surface area contributed by atoms with Gasteiger partial charge >= 0.3 is 5.97 Å². The van der Waals surface area contributed by atoms with Gasteiger partial charge in [0.05, 0.1) is 6.54 Å². The van der Waals surface area contributed by atoms with Gasteiger partial charge in [-0.2, -0.15) is 0 Å². The molecule has 0 aliphatic carbocycles. The molecule has 0 unspecified atom stereocenters. The molecule has 0 saturated heterocycles. The van der Waals surface area contributed by atoms with Crippen LogP contribution in [0.25, 0.3) is 0 Å². The fraction of sp³-hybridized carbons (Fsp3) is 0.400. The maximum Gasteiger partial charge on any atom is 0.344 e. The fourth-order valence-corrected chi connectivity index (χ4v) is 1.68. The second-order valence-corrected chi connectivity index (χ2v) is 5.45. The van der Waals surface area contributed by atoms with E-state index in [1.165, 1.54) is 0 Å². The molecule has 0 radical (unpaired) electrons. The second-order valence-electron chi connectivity index (χ2n) is 4.53. The average molecular weight is 387 g/mol. The van der Waals surface area contributed by atoms with Crippen LogP contribution in [-0.4, -0.2) is 44.1 Å². The molecule has 23 heavy (non-hydrogen) atoms. The first-order chi connectivity index (χ1) is 11.0. The van der Waals surface area contributed by atoms with Gasteiger partial charge in [-0.15, -0.1) is 0 Å². The maximum atomic E-state index is 11.5. The summed E-state index contributed by atoms with van der Waals surface area (Å²) < 4.78 is 10.8. The lowest BCUT2D eigenvalue weighted by Gasteiger charge is -2.08. The number of esters is 1. The number of hydrogen-bond acceptors (Lipinski definition) is 5. The van der Waals surface area contributed by atoms with Crippen LogP contribution in [0, 0.1) is 0 Å². The van der Waals surface area contributed by atoms with Gasteiger partial charge in [-0.3, -0.25) is 9.59 Å². The van der Waals surface area contributed by atoms with Crippen molar-refractivity contribution in [3.05, 3.63) is 28.7 Å². The Morgan fingerprint density at radius 2 is 1.74 bits per heavy atom. The third kappa shape index (κ3) is 8.82. The molecule has 0 saturated carbocycles. The molecule has 7 nitrogen and oxygen atoms in total. The van der Waals surface area contributed by atoms with Gasteiger partial charge in [0.15, 0.2) is 13.2 Å². The highest BCUT2D eigenvalue weighted by Gasteiger charge is 2.09. The highest BCUT2D eigenvalue weighted by Crippen LogP contribution is 2.15. The number of rotatable bonds is 9. The zero-order chi connectivity index (χ0) is 17.1. The van der Waals surface area contributed by atoms with E-state index in [1.54, 1.807) is 24.3 Å².